The molecule has 2 aromatic rings. The smallest absolute Gasteiger partial charge is 0.106 e. The van der Waals surface area contributed by atoms with Gasteiger partial charge in [0.1, 0.15) is 10.8 Å². The molecule has 0 saturated heterocycles. The molecule has 2 N–H and O–H groups in total. The van der Waals surface area contributed by atoms with Crippen LogP contribution in [0.2, 0.25) is 0 Å². The molecule has 3 nitrogen and oxygen atoms in total. The van der Waals surface area contributed by atoms with E-state index in [0.29, 0.717) is 4.99 Å². The van der Waals surface area contributed by atoms with Crippen molar-refractivity contribution < 1.29 is 0 Å². The average Bonchev–Trinajstić information content (AvgIpc) is 2.76. The quantitative estimate of drug-likeness (QED) is 0.882. The third kappa shape index (κ3) is 2.48. The first-order valence-corrected chi connectivity index (χ1v) is 7.49. The molecule has 1 heterocycles. The highest BCUT2D eigenvalue weighted by Crippen LogP contribution is 2.23. The molecule has 1 aliphatic carbocycles. The number of aryl methyl sites for hydroxylation is 2. The monoisotopic (exact) mass is 285 g/mol. The number of thiocarbonyl (C=S) groups is 1. The molecular weight excluding hydrogens is 266 g/mol. The number of nitrogens with two attached hydrogens (primary N) is 1. The number of hydrogen-bond donors (Lipinski definition) is 1. The van der Waals surface area contributed by atoms with Crippen LogP contribution in [-0.4, -0.2) is 14.5 Å². The van der Waals surface area contributed by atoms with Gasteiger partial charge in [0.15, 0.2) is 0 Å². The highest BCUT2D eigenvalue weighted by Gasteiger charge is 2.17. The minimum atomic E-state index is 0.452. The van der Waals surface area contributed by atoms with Crippen molar-refractivity contribution in [3.05, 3.63) is 52.6 Å². The van der Waals surface area contributed by atoms with Gasteiger partial charge in [0, 0.05) is 17.8 Å². The van der Waals surface area contributed by atoms with Crippen LogP contribution >= 0.6 is 12.2 Å². The van der Waals surface area contributed by atoms with E-state index in [1.54, 1.807) is 0 Å². The lowest BCUT2D eigenvalue weighted by Gasteiger charge is -2.15. The molecule has 0 unspecified atom stereocenters. The predicted octanol–water partition coefficient (Wildman–Crippen LogP) is 2.75. The van der Waals surface area contributed by atoms with E-state index in [1.165, 1.54) is 29.8 Å². The Bertz CT molecular complexity index is 640. The maximum absolute atomic E-state index is 5.63. The SMILES string of the molecule is Cc1nc2c(n1Cc1ccc(C(N)=S)cc1)CCCC2. The highest BCUT2D eigenvalue weighted by atomic mass is 32.1. The summed E-state index contributed by atoms with van der Waals surface area (Å²) in [6.45, 7) is 2.98. The van der Waals surface area contributed by atoms with E-state index in [0.717, 1.165) is 30.8 Å². The average molecular weight is 285 g/mol. The molecule has 0 fully saturated rings. The first kappa shape index (κ1) is 13.3. The topological polar surface area (TPSA) is 43.8 Å². The summed E-state index contributed by atoms with van der Waals surface area (Å²) >= 11 is 4.98. The molecule has 3 rings (SSSR count). The standard InChI is InChI=1S/C16H19N3S/c1-11-18-14-4-2-3-5-15(14)19(11)10-12-6-8-13(9-7-12)16(17)20/h6-9H,2-5,10H2,1H3,(H2,17,20). The van der Waals surface area contributed by atoms with Crippen molar-refractivity contribution in [3.8, 4) is 0 Å². The zero-order valence-electron chi connectivity index (χ0n) is 11.7. The van der Waals surface area contributed by atoms with Gasteiger partial charge >= 0.3 is 0 Å². The Labute approximate surface area is 124 Å². The van der Waals surface area contributed by atoms with E-state index in [9.17, 15) is 0 Å². The van der Waals surface area contributed by atoms with E-state index >= 15 is 0 Å². The molecule has 1 aliphatic rings. The first-order valence-electron chi connectivity index (χ1n) is 7.09. The van der Waals surface area contributed by atoms with E-state index in [-0.39, 0.29) is 0 Å². The number of aromatic nitrogens is 2. The minimum Gasteiger partial charge on any atom is -0.389 e. The zero-order chi connectivity index (χ0) is 14.1. The van der Waals surface area contributed by atoms with E-state index < -0.39 is 0 Å². The van der Waals surface area contributed by atoms with Gasteiger partial charge in [0.05, 0.1) is 5.69 Å². The summed E-state index contributed by atoms with van der Waals surface area (Å²) in [4.78, 5) is 5.17. The number of rotatable bonds is 3. The molecule has 104 valence electrons. The summed E-state index contributed by atoms with van der Waals surface area (Å²) in [5.41, 5.74) is 10.5. The minimum absolute atomic E-state index is 0.452. The maximum Gasteiger partial charge on any atom is 0.106 e. The fourth-order valence-electron chi connectivity index (χ4n) is 2.90. The van der Waals surface area contributed by atoms with Gasteiger partial charge in [0.2, 0.25) is 0 Å². The van der Waals surface area contributed by atoms with Crippen molar-refractivity contribution >= 4 is 17.2 Å². The van der Waals surface area contributed by atoms with E-state index in [2.05, 4.69) is 23.6 Å². The van der Waals surface area contributed by atoms with Crippen LogP contribution in [0.3, 0.4) is 0 Å². The molecule has 0 saturated carbocycles. The Morgan fingerprint density at radius 2 is 1.95 bits per heavy atom. The Balaban J connectivity index is 1.87. The number of benzene rings is 1. The predicted molar refractivity (Wildman–Crippen MR) is 85.0 cm³/mol. The Morgan fingerprint density at radius 3 is 2.65 bits per heavy atom. The number of fused-ring (bicyclic) bond motifs is 1. The summed E-state index contributed by atoms with van der Waals surface area (Å²) in [6, 6.07) is 8.19. The van der Waals surface area contributed by atoms with Gasteiger partial charge in [-0.05, 0) is 38.2 Å². The van der Waals surface area contributed by atoms with Gasteiger partial charge in [0.25, 0.3) is 0 Å². The summed E-state index contributed by atoms with van der Waals surface area (Å²) in [5.74, 6) is 1.12. The molecule has 0 amide bonds. The molecule has 1 aromatic carbocycles. The Hall–Kier alpha value is -1.68. The second kappa shape index (κ2) is 5.37. The second-order valence-electron chi connectivity index (χ2n) is 5.41. The second-order valence-corrected chi connectivity index (χ2v) is 5.85. The molecule has 0 atom stereocenters. The molecule has 0 aliphatic heterocycles. The van der Waals surface area contributed by atoms with Crippen molar-refractivity contribution in [1.29, 1.82) is 0 Å². The lowest BCUT2D eigenvalue weighted by molar-refractivity contribution is 0.624. The Kier molecular flexibility index (Phi) is 3.57. The summed E-state index contributed by atoms with van der Waals surface area (Å²) in [7, 11) is 0. The fraction of sp³-hybridized carbons (Fsp3) is 0.375. The number of imidazole rings is 1. The lowest BCUT2D eigenvalue weighted by atomic mass is 10.0. The van der Waals surface area contributed by atoms with Crippen molar-refractivity contribution in [2.45, 2.75) is 39.2 Å². The molecular formula is C16H19N3S. The molecule has 0 radical (unpaired) electrons. The number of nitrogens with zero attached hydrogens (tertiary/aromatic N) is 2. The van der Waals surface area contributed by atoms with Gasteiger partial charge in [-0.2, -0.15) is 0 Å². The van der Waals surface area contributed by atoms with Crippen LogP contribution in [0.25, 0.3) is 0 Å². The molecule has 4 heteroatoms. The van der Waals surface area contributed by atoms with Crippen LogP contribution in [0.5, 0.6) is 0 Å². The van der Waals surface area contributed by atoms with Gasteiger partial charge in [-0.1, -0.05) is 36.5 Å². The van der Waals surface area contributed by atoms with Crippen LogP contribution in [0.1, 0.15) is 41.2 Å². The zero-order valence-corrected chi connectivity index (χ0v) is 12.5. The molecule has 20 heavy (non-hydrogen) atoms. The fourth-order valence-corrected chi connectivity index (χ4v) is 3.04. The Morgan fingerprint density at radius 1 is 1.25 bits per heavy atom. The van der Waals surface area contributed by atoms with Gasteiger partial charge in [-0.3, -0.25) is 0 Å². The molecule has 0 bridgehead atoms. The highest BCUT2D eigenvalue weighted by molar-refractivity contribution is 7.80. The van der Waals surface area contributed by atoms with Crippen LogP contribution in [0.4, 0.5) is 0 Å². The van der Waals surface area contributed by atoms with Crippen molar-refractivity contribution in [3.63, 3.8) is 0 Å². The van der Waals surface area contributed by atoms with Crippen LogP contribution in [0, 0.1) is 6.92 Å². The van der Waals surface area contributed by atoms with Crippen molar-refractivity contribution in [2.24, 2.45) is 5.73 Å². The van der Waals surface area contributed by atoms with Crippen LogP contribution in [-0.2, 0) is 19.4 Å². The summed E-state index contributed by atoms with van der Waals surface area (Å²) in [6.07, 6.45) is 4.83. The number of hydrogen-bond acceptors (Lipinski definition) is 2. The van der Waals surface area contributed by atoms with Crippen LogP contribution < -0.4 is 5.73 Å². The third-order valence-corrected chi connectivity index (χ3v) is 4.24. The third-order valence-electron chi connectivity index (χ3n) is 4.00. The largest absolute Gasteiger partial charge is 0.389 e. The van der Waals surface area contributed by atoms with Crippen molar-refractivity contribution in [2.75, 3.05) is 0 Å². The molecule has 1 aromatic heterocycles. The summed E-state index contributed by atoms with van der Waals surface area (Å²) in [5, 5.41) is 0. The normalized spacial score (nSPS) is 14.1. The molecule has 0 spiro atoms. The lowest BCUT2D eigenvalue weighted by Crippen LogP contribution is -2.11. The van der Waals surface area contributed by atoms with E-state index in [1.807, 2.05) is 12.1 Å². The summed E-state index contributed by atoms with van der Waals surface area (Å²) < 4.78 is 2.35. The first-order chi connectivity index (χ1) is 9.65. The van der Waals surface area contributed by atoms with Gasteiger partial charge < -0.3 is 10.3 Å². The van der Waals surface area contributed by atoms with E-state index in [4.69, 9.17) is 22.9 Å². The van der Waals surface area contributed by atoms with Crippen LogP contribution in [0.15, 0.2) is 24.3 Å². The van der Waals surface area contributed by atoms with Crippen molar-refractivity contribution in [1.82, 2.24) is 9.55 Å². The maximum atomic E-state index is 5.63. The van der Waals surface area contributed by atoms with Gasteiger partial charge in [-0.25, -0.2) is 4.98 Å². The van der Waals surface area contributed by atoms with Gasteiger partial charge in [-0.15, -0.1) is 0 Å².